The zero-order valence-electron chi connectivity index (χ0n) is 19.1. The first-order valence-corrected chi connectivity index (χ1v) is 12.3. The average Bonchev–Trinajstić information content (AvgIpc) is 3.34. The fourth-order valence-electron chi connectivity index (χ4n) is 3.21. The number of sulfonamides is 1. The maximum atomic E-state index is 12.4. The highest BCUT2D eigenvalue weighted by atomic mass is 32.2. The Morgan fingerprint density at radius 2 is 1.94 bits per heavy atom. The molecule has 1 heterocycles. The van der Waals surface area contributed by atoms with E-state index in [9.17, 15) is 28.0 Å². The van der Waals surface area contributed by atoms with Gasteiger partial charge in [0.25, 0.3) is 5.91 Å². The number of unbranched alkanes of at least 4 members (excludes halogenated alkanes) is 2. The molecule has 1 atom stereocenters. The quantitative estimate of drug-likeness (QED) is 0.102. The summed E-state index contributed by atoms with van der Waals surface area (Å²) in [6.07, 6.45) is 3.36. The van der Waals surface area contributed by atoms with Crippen LogP contribution in [0.4, 0.5) is 0 Å². The number of hydroxylamine groups is 2. The van der Waals surface area contributed by atoms with Gasteiger partial charge in [-0.25, -0.2) is 18.2 Å². The van der Waals surface area contributed by atoms with Gasteiger partial charge in [-0.1, -0.05) is 38.3 Å². The number of carbonyl (C=O) groups is 3. The molecular formula is C22H30N4O7S. The smallest absolute Gasteiger partial charge is 0.288 e. The van der Waals surface area contributed by atoms with Crippen molar-refractivity contribution < 1.29 is 32.4 Å². The number of benzene rings is 1. The van der Waals surface area contributed by atoms with E-state index in [-0.39, 0.29) is 30.3 Å². The molecule has 11 nitrogen and oxygen atoms in total. The average molecular weight is 495 g/mol. The third kappa shape index (κ3) is 7.68. The zero-order valence-corrected chi connectivity index (χ0v) is 19.9. The lowest BCUT2D eigenvalue weighted by Crippen LogP contribution is -2.42. The predicted octanol–water partition coefficient (Wildman–Crippen LogP) is 1.70. The first kappa shape index (κ1) is 27.0. The minimum atomic E-state index is -3.63. The predicted molar refractivity (Wildman–Crippen MR) is 123 cm³/mol. The zero-order chi connectivity index (χ0) is 25.1. The largest absolute Gasteiger partial charge is 0.451 e. The molecule has 0 saturated carbocycles. The van der Waals surface area contributed by atoms with E-state index >= 15 is 0 Å². The molecule has 34 heavy (non-hydrogen) atoms. The van der Waals surface area contributed by atoms with Gasteiger partial charge in [-0.15, -0.1) is 0 Å². The van der Waals surface area contributed by atoms with Gasteiger partial charge >= 0.3 is 0 Å². The van der Waals surface area contributed by atoms with Crippen LogP contribution in [0, 0.1) is 5.92 Å². The van der Waals surface area contributed by atoms with Crippen molar-refractivity contribution in [3.05, 3.63) is 42.2 Å². The van der Waals surface area contributed by atoms with Crippen molar-refractivity contribution in [2.24, 2.45) is 5.92 Å². The summed E-state index contributed by atoms with van der Waals surface area (Å²) in [5.74, 6) is -1.32. The van der Waals surface area contributed by atoms with E-state index in [2.05, 4.69) is 15.4 Å². The van der Waals surface area contributed by atoms with Gasteiger partial charge in [0.15, 0.2) is 5.76 Å². The molecule has 0 aliphatic carbocycles. The van der Waals surface area contributed by atoms with E-state index in [1.807, 2.05) is 6.92 Å². The van der Waals surface area contributed by atoms with Crippen molar-refractivity contribution in [2.45, 2.75) is 37.5 Å². The van der Waals surface area contributed by atoms with Crippen LogP contribution < -0.4 is 15.4 Å². The first-order chi connectivity index (χ1) is 16.2. The van der Waals surface area contributed by atoms with Crippen LogP contribution in [0.3, 0.4) is 0 Å². The third-order valence-corrected chi connectivity index (χ3v) is 6.51. The maximum absolute atomic E-state index is 12.4. The molecule has 12 heteroatoms. The SMILES string of the molecule is CCCCCC(CN(O)C=O)C(=O)NCNC(=O)c1ccc(-c2cccc(S(=O)(=O)NC)c2)o1. The van der Waals surface area contributed by atoms with E-state index < -0.39 is 27.8 Å². The van der Waals surface area contributed by atoms with Crippen LogP contribution in [-0.4, -0.2) is 57.2 Å². The Balaban J connectivity index is 1.96. The van der Waals surface area contributed by atoms with Gasteiger partial charge in [0.2, 0.25) is 22.3 Å². The first-order valence-electron chi connectivity index (χ1n) is 10.8. The molecule has 0 spiro atoms. The molecule has 0 saturated heterocycles. The summed E-state index contributed by atoms with van der Waals surface area (Å²) in [6, 6.07) is 9.05. The number of nitrogens with zero attached hydrogens (tertiary/aromatic N) is 1. The van der Waals surface area contributed by atoms with Crippen molar-refractivity contribution >= 4 is 28.2 Å². The molecule has 1 unspecified atom stereocenters. The van der Waals surface area contributed by atoms with Gasteiger partial charge in [-0.05, 0) is 37.7 Å². The van der Waals surface area contributed by atoms with Crippen LogP contribution in [0.25, 0.3) is 11.3 Å². The molecule has 2 aromatic rings. The van der Waals surface area contributed by atoms with Gasteiger partial charge in [-0.2, -0.15) is 0 Å². The summed E-state index contributed by atoms with van der Waals surface area (Å²) in [5.41, 5.74) is 0.474. The number of carbonyl (C=O) groups excluding carboxylic acids is 3. The lowest BCUT2D eigenvalue weighted by Gasteiger charge is -2.19. The summed E-state index contributed by atoms with van der Waals surface area (Å²) in [7, 11) is -2.32. The summed E-state index contributed by atoms with van der Waals surface area (Å²) in [6.45, 7) is 1.70. The molecule has 0 radical (unpaired) electrons. The Bertz CT molecular complexity index is 1080. The van der Waals surface area contributed by atoms with Gasteiger partial charge in [0, 0.05) is 5.56 Å². The molecule has 0 bridgehead atoms. The van der Waals surface area contributed by atoms with Crippen molar-refractivity contribution in [1.82, 2.24) is 20.4 Å². The Morgan fingerprint density at radius 3 is 2.62 bits per heavy atom. The normalized spacial score (nSPS) is 12.1. The van der Waals surface area contributed by atoms with Crippen molar-refractivity contribution in [3.8, 4) is 11.3 Å². The van der Waals surface area contributed by atoms with Gasteiger partial charge in [0.05, 0.1) is 24.0 Å². The monoisotopic (exact) mass is 494 g/mol. The third-order valence-electron chi connectivity index (χ3n) is 5.09. The van der Waals surface area contributed by atoms with E-state index in [1.165, 1.54) is 31.3 Å². The topological polar surface area (TPSA) is 158 Å². The van der Waals surface area contributed by atoms with E-state index in [1.54, 1.807) is 12.1 Å². The number of amides is 3. The minimum Gasteiger partial charge on any atom is -0.451 e. The van der Waals surface area contributed by atoms with Crippen LogP contribution in [-0.2, 0) is 19.6 Å². The highest BCUT2D eigenvalue weighted by Gasteiger charge is 2.21. The standard InChI is InChI=1S/C22H30N4O7S/c1-3-4-5-7-17(13-26(30)15-27)21(28)24-14-25-22(29)20-11-10-19(33-20)16-8-6-9-18(12-16)34(31,32)23-2/h6,8-12,15,17,23,30H,3-5,7,13-14H2,1-2H3,(H,24,28)(H,25,29). The second kappa shape index (κ2) is 12.9. The Hall–Kier alpha value is -3.22. The number of furan rings is 1. The fraction of sp³-hybridized carbons (Fsp3) is 0.409. The number of rotatable bonds is 14. The Labute approximate surface area is 198 Å². The summed E-state index contributed by atoms with van der Waals surface area (Å²) < 4.78 is 31.8. The molecule has 1 aromatic carbocycles. The second-order valence-electron chi connectivity index (χ2n) is 7.54. The molecule has 1 aromatic heterocycles. The van der Waals surface area contributed by atoms with Crippen LogP contribution in [0.1, 0.15) is 43.2 Å². The number of hydrogen-bond acceptors (Lipinski definition) is 7. The van der Waals surface area contributed by atoms with Gasteiger partial charge in [0.1, 0.15) is 5.76 Å². The van der Waals surface area contributed by atoms with E-state index in [0.29, 0.717) is 22.8 Å². The lowest BCUT2D eigenvalue weighted by molar-refractivity contribution is -0.154. The molecular weight excluding hydrogens is 464 g/mol. The number of nitrogens with one attached hydrogen (secondary N) is 3. The van der Waals surface area contributed by atoms with E-state index in [0.717, 1.165) is 19.3 Å². The Kier molecular flexibility index (Phi) is 10.2. The highest BCUT2D eigenvalue weighted by Crippen LogP contribution is 2.24. The second-order valence-corrected chi connectivity index (χ2v) is 9.43. The molecule has 186 valence electrons. The molecule has 4 N–H and O–H groups in total. The fourth-order valence-corrected chi connectivity index (χ4v) is 3.98. The van der Waals surface area contributed by atoms with Crippen LogP contribution in [0.5, 0.6) is 0 Å². The summed E-state index contributed by atoms with van der Waals surface area (Å²) in [5, 5.41) is 14.9. The van der Waals surface area contributed by atoms with Crippen LogP contribution in [0.15, 0.2) is 45.7 Å². The molecule has 3 amide bonds. The van der Waals surface area contributed by atoms with Gasteiger partial charge < -0.3 is 15.1 Å². The summed E-state index contributed by atoms with van der Waals surface area (Å²) >= 11 is 0. The maximum Gasteiger partial charge on any atom is 0.288 e. The molecule has 0 aliphatic rings. The Morgan fingerprint density at radius 1 is 1.18 bits per heavy atom. The van der Waals surface area contributed by atoms with Crippen molar-refractivity contribution in [2.75, 3.05) is 20.3 Å². The van der Waals surface area contributed by atoms with Crippen molar-refractivity contribution in [3.63, 3.8) is 0 Å². The highest BCUT2D eigenvalue weighted by molar-refractivity contribution is 7.89. The number of hydrogen-bond donors (Lipinski definition) is 4. The minimum absolute atomic E-state index is 0.0203. The summed E-state index contributed by atoms with van der Waals surface area (Å²) in [4.78, 5) is 35.6. The lowest BCUT2D eigenvalue weighted by atomic mass is 10.0. The van der Waals surface area contributed by atoms with E-state index in [4.69, 9.17) is 4.42 Å². The van der Waals surface area contributed by atoms with Crippen molar-refractivity contribution in [1.29, 1.82) is 0 Å². The van der Waals surface area contributed by atoms with Crippen LogP contribution in [0.2, 0.25) is 0 Å². The van der Waals surface area contributed by atoms with Crippen LogP contribution >= 0.6 is 0 Å². The molecule has 0 fully saturated rings. The molecule has 2 rings (SSSR count). The molecule has 0 aliphatic heterocycles. The van der Waals surface area contributed by atoms with Gasteiger partial charge in [-0.3, -0.25) is 19.6 Å².